The van der Waals surface area contributed by atoms with Crippen LogP contribution in [0.4, 0.5) is 0 Å². The molecule has 1 nitrogen and oxygen atoms in total. The fourth-order valence-corrected chi connectivity index (χ4v) is 4.62. The fraction of sp³-hybridized carbons (Fsp3) is 0.875. The van der Waals surface area contributed by atoms with E-state index in [1.807, 2.05) is 0 Å². The highest BCUT2D eigenvalue weighted by atomic mass is 14.9. The van der Waals surface area contributed by atoms with Crippen LogP contribution in [-0.4, -0.2) is 12.6 Å². The molecule has 1 N–H and O–H groups in total. The maximum Gasteiger partial charge on any atom is 0.0310 e. The Hall–Kier alpha value is -0.300. The Morgan fingerprint density at radius 1 is 1.29 bits per heavy atom. The van der Waals surface area contributed by atoms with Crippen molar-refractivity contribution in [1.82, 2.24) is 5.32 Å². The van der Waals surface area contributed by atoms with Crippen LogP contribution >= 0.6 is 0 Å². The summed E-state index contributed by atoms with van der Waals surface area (Å²) >= 11 is 0. The maximum atomic E-state index is 3.81. The average molecular weight is 233 g/mol. The molecule has 4 atom stereocenters. The molecule has 2 saturated carbocycles. The average Bonchev–Trinajstić information content (AvgIpc) is 2.99. The Bertz CT molecular complexity index is 294. The lowest BCUT2D eigenvalue weighted by molar-refractivity contribution is 0.267. The first-order valence-electron chi connectivity index (χ1n) is 7.80. The van der Waals surface area contributed by atoms with Gasteiger partial charge in [0.05, 0.1) is 0 Å². The number of fused-ring (bicyclic) bond motifs is 2. The molecule has 0 aliphatic heterocycles. The lowest BCUT2D eigenvalue weighted by atomic mass is 9.78. The largest absolute Gasteiger partial charge is 0.310 e. The minimum absolute atomic E-state index is 0.732. The molecule has 3 rings (SSSR count). The van der Waals surface area contributed by atoms with Crippen LogP contribution in [0.5, 0.6) is 0 Å². The van der Waals surface area contributed by atoms with Crippen LogP contribution in [0.15, 0.2) is 11.6 Å². The van der Waals surface area contributed by atoms with E-state index in [2.05, 4.69) is 18.3 Å². The van der Waals surface area contributed by atoms with Gasteiger partial charge in [-0.05, 0) is 69.2 Å². The summed E-state index contributed by atoms with van der Waals surface area (Å²) in [5.41, 5.74) is 1.76. The zero-order valence-electron chi connectivity index (χ0n) is 11.3. The second-order valence-corrected chi connectivity index (χ2v) is 6.40. The first-order valence-corrected chi connectivity index (χ1v) is 7.80. The maximum absolute atomic E-state index is 3.81. The third-order valence-corrected chi connectivity index (χ3v) is 5.37. The van der Waals surface area contributed by atoms with Gasteiger partial charge in [-0.15, -0.1) is 0 Å². The molecule has 17 heavy (non-hydrogen) atoms. The molecule has 0 aromatic carbocycles. The van der Waals surface area contributed by atoms with Gasteiger partial charge in [-0.1, -0.05) is 25.0 Å². The van der Waals surface area contributed by atoms with E-state index in [9.17, 15) is 0 Å². The SMILES string of the molecule is CCNC(C1=CCCCC1)C1CC2CCC1C2. The number of nitrogens with one attached hydrogen (secondary N) is 1. The highest BCUT2D eigenvalue weighted by molar-refractivity contribution is 5.17. The van der Waals surface area contributed by atoms with E-state index in [1.165, 1.54) is 44.9 Å². The van der Waals surface area contributed by atoms with E-state index in [1.54, 1.807) is 12.0 Å². The van der Waals surface area contributed by atoms with Crippen molar-refractivity contribution in [1.29, 1.82) is 0 Å². The number of hydrogen-bond acceptors (Lipinski definition) is 1. The quantitative estimate of drug-likeness (QED) is 0.726. The second kappa shape index (κ2) is 5.14. The first-order chi connectivity index (χ1) is 8.38. The van der Waals surface area contributed by atoms with Crippen LogP contribution in [-0.2, 0) is 0 Å². The molecule has 2 fully saturated rings. The van der Waals surface area contributed by atoms with Crippen molar-refractivity contribution in [3.8, 4) is 0 Å². The summed E-state index contributed by atoms with van der Waals surface area (Å²) in [5, 5.41) is 3.81. The van der Waals surface area contributed by atoms with Crippen LogP contribution in [0.2, 0.25) is 0 Å². The smallest absolute Gasteiger partial charge is 0.0310 e. The van der Waals surface area contributed by atoms with Gasteiger partial charge in [0.1, 0.15) is 0 Å². The predicted octanol–water partition coefficient (Wildman–Crippen LogP) is 3.90. The minimum atomic E-state index is 0.732. The molecule has 0 aromatic heterocycles. The zero-order valence-corrected chi connectivity index (χ0v) is 11.3. The molecule has 3 aliphatic carbocycles. The van der Waals surface area contributed by atoms with Gasteiger partial charge >= 0.3 is 0 Å². The zero-order chi connectivity index (χ0) is 11.7. The van der Waals surface area contributed by atoms with Crippen LogP contribution in [0, 0.1) is 17.8 Å². The Balaban J connectivity index is 1.73. The first kappa shape index (κ1) is 11.8. The number of hydrogen-bond donors (Lipinski definition) is 1. The van der Waals surface area contributed by atoms with E-state index >= 15 is 0 Å². The highest BCUT2D eigenvalue weighted by Gasteiger charge is 2.43. The summed E-state index contributed by atoms with van der Waals surface area (Å²) in [6, 6.07) is 0.732. The second-order valence-electron chi connectivity index (χ2n) is 6.40. The molecule has 0 aromatic rings. The summed E-state index contributed by atoms with van der Waals surface area (Å²) in [6.45, 7) is 3.40. The Kier molecular flexibility index (Phi) is 3.56. The highest BCUT2D eigenvalue weighted by Crippen LogP contribution is 2.50. The van der Waals surface area contributed by atoms with E-state index in [4.69, 9.17) is 0 Å². The third-order valence-electron chi connectivity index (χ3n) is 5.37. The molecular weight excluding hydrogens is 206 g/mol. The van der Waals surface area contributed by atoms with E-state index < -0.39 is 0 Å². The van der Waals surface area contributed by atoms with Crippen LogP contribution < -0.4 is 5.32 Å². The van der Waals surface area contributed by atoms with E-state index in [0.29, 0.717) is 0 Å². The van der Waals surface area contributed by atoms with Gasteiger partial charge in [0.25, 0.3) is 0 Å². The van der Waals surface area contributed by atoms with Crippen molar-refractivity contribution in [2.24, 2.45) is 17.8 Å². The van der Waals surface area contributed by atoms with E-state index in [-0.39, 0.29) is 0 Å². The molecule has 0 saturated heterocycles. The standard InChI is InChI=1S/C16H27N/c1-2-17-16(13-6-4-3-5-7-13)15-11-12-8-9-14(15)10-12/h6,12,14-17H,2-5,7-11H2,1H3. The van der Waals surface area contributed by atoms with Crippen LogP contribution in [0.1, 0.15) is 58.3 Å². The Morgan fingerprint density at radius 3 is 2.82 bits per heavy atom. The summed E-state index contributed by atoms with van der Waals surface area (Å²) in [7, 11) is 0. The number of rotatable bonds is 4. The Morgan fingerprint density at radius 2 is 2.24 bits per heavy atom. The molecule has 0 heterocycles. The van der Waals surface area contributed by atoms with E-state index in [0.717, 1.165) is 30.3 Å². The van der Waals surface area contributed by atoms with Gasteiger partial charge in [-0.2, -0.15) is 0 Å². The fourth-order valence-electron chi connectivity index (χ4n) is 4.62. The normalized spacial score (nSPS) is 38.2. The van der Waals surface area contributed by atoms with Crippen molar-refractivity contribution < 1.29 is 0 Å². The summed E-state index contributed by atoms with van der Waals surface area (Å²) < 4.78 is 0. The monoisotopic (exact) mass is 233 g/mol. The lowest BCUT2D eigenvalue weighted by Gasteiger charge is -2.34. The van der Waals surface area contributed by atoms with Crippen LogP contribution in [0.3, 0.4) is 0 Å². The van der Waals surface area contributed by atoms with Crippen molar-refractivity contribution in [2.75, 3.05) is 6.54 Å². The van der Waals surface area contributed by atoms with Gasteiger partial charge in [-0.25, -0.2) is 0 Å². The van der Waals surface area contributed by atoms with Gasteiger partial charge < -0.3 is 5.32 Å². The minimum Gasteiger partial charge on any atom is -0.310 e. The molecule has 0 amide bonds. The van der Waals surface area contributed by atoms with Gasteiger partial charge in [-0.3, -0.25) is 0 Å². The molecule has 0 radical (unpaired) electrons. The van der Waals surface area contributed by atoms with Crippen LogP contribution in [0.25, 0.3) is 0 Å². The van der Waals surface area contributed by atoms with Gasteiger partial charge in [0, 0.05) is 6.04 Å². The van der Waals surface area contributed by atoms with Gasteiger partial charge in [0.2, 0.25) is 0 Å². The van der Waals surface area contributed by atoms with Crippen molar-refractivity contribution >= 4 is 0 Å². The molecular formula is C16H27N. The third kappa shape index (κ3) is 2.31. The topological polar surface area (TPSA) is 12.0 Å². The van der Waals surface area contributed by atoms with Crippen molar-refractivity contribution in [2.45, 2.75) is 64.3 Å². The number of allylic oxidation sites excluding steroid dienone is 1. The molecule has 96 valence electrons. The van der Waals surface area contributed by atoms with Crippen molar-refractivity contribution in [3.05, 3.63) is 11.6 Å². The predicted molar refractivity (Wildman–Crippen MR) is 73.0 cm³/mol. The molecule has 4 unspecified atom stereocenters. The molecule has 0 spiro atoms. The molecule has 2 bridgehead atoms. The summed E-state index contributed by atoms with van der Waals surface area (Å²) in [5.74, 6) is 3.10. The summed E-state index contributed by atoms with van der Waals surface area (Å²) in [6.07, 6.45) is 14.2. The summed E-state index contributed by atoms with van der Waals surface area (Å²) in [4.78, 5) is 0. The van der Waals surface area contributed by atoms with Gasteiger partial charge in [0.15, 0.2) is 0 Å². The Labute approximate surface area is 106 Å². The van der Waals surface area contributed by atoms with Crippen molar-refractivity contribution in [3.63, 3.8) is 0 Å². The molecule has 1 heteroatoms. The number of likely N-dealkylation sites (N-methyl/N-ethyl adjacent to an activating group) is 1. The molecule has 3 aliphatic rings. The lowest BCUT2D eigenvalue weighted by Crippen LogP contribution is -2.40.